The number of benzene rings is 1. The summed E-state index contributed by atoms with van der Waals surface area (Å²) in [6.07, 6.45) is 1.97. The van der Waals surface area contributed by atoms with Crippen LogP contribution in [0.25, 0.3) is 11.3 Å². The standard InChI is InChI=1S/C13H16N2O/c1-9(2)15-7-6-12(14-15)11-4-5-13(16)10(3)8-11/h4-9,16H,1-3H3. The number of aromatic hydroxyl groups is 1. The van der Waals surface area contributed by atoms with E-state index in [1.807, 2.05) is 36.0 Å². The minimum atomic E-state index is 0.326. The number of nitrogens with zero attached hydrogens (tertiary/aromatic N) is 2. The van der Waals surface area contributed by atoms with Gasteiger partial charge in [0.2, 0.25) is 0 Å². The number of aromatic nitrogens is 2. The first-order valence-corrected chi connectivity index (χ1v) is 5.43. The highest BCUT2D eigenvalue weighted by Crippen LogP contribution is 2.24. The Balaban J connectivity index is 2.39. The second kappa shape index (κ2) is 4.00. The van der Waals surface area contributed by atoms with Gasteiger partial charge in [-0.05, 0) is 50.6 Å². The van der Waals surface area contributed by atoms with E-state index >= 15 is 0 Å². The predicted octanol–water partition coefficient (Wildman–Crippen LogP) is 3.15. The average Bonchev–Trinajstić information content (AvgIpc) is 2.71. The molecular weight excluding hydrogens is 200 g/mol. The molecule has 1 aromatic heterocycles. The lowest BCUT2D eigenvalue weighted by Gasteiger charge is -2.04. The molecule has 0 aliphatic carbocycles. The van der Waals surface area contributed by atoms with E-state index in [1.165, 1.54) is 0 Å². The molecule has 84 valence electrons. The normalized spacial score (nSPS) is 11.0. The van der Waals surface area contributed by atoms with Crippen molar-refractivity contribution >= 4 is 0 Å². The van der Waals surface area contributed by atoms with Gasteiger partial charge in [0.1, 0.15) is 5.75 Å². The molecule has 0 saturated heterocycles. The van der Waals surface area contributed by atoms with E-state index in [1.54, 1.807) is 6.07 Å². The second-order valence-corrected chi connectivity index (χ2v) is 4.28. The first-order chi connectivity index (χ1) is 7.58. The van der Waals surface area contributed by atoms with Crippen molar-refractivity contribution in [1.82, 2.24) is 9.78 Å². The zero-order valence-electron chi connectivity index (χ0n) is 9.81. The summed E-state index contributed by atoms with van der Waals surface area (Å²) in [7, 11) is 0. The molecule has 1 N–H and O–H groups in total. The van der Waals surface area contributed by atoms with Crippen molar-refractivity contribution in [2.45, 2.75) is 26.8 Å². The summed E-state index contributed by atoms with van der Waals surface area (Å²) < 4.78 is 1.93. The molecule has 16 heavy (non-hydrogen) atoms. The Kier molecular flexibility index (Phi) is 2.69. The van der Waals surface area contributed by atoms with Gasteiger partial charge in [-0.1, -0.05) is 0 Å². The summed E-state index contributed by atoms with van der Waals surface area (Å²) in [5, 5.41) is 13.9. The van der Waals surface area contributed by atoms with Crippen LogP contribution >= 0.6 is 0 Å². The number of rotatable bonds is 2. The minimum Gasteiger partial charge on any atom is -0.508 e. The Morgan fingerprint density at radius 2 is 2.00 bits per heavy atom. The van der Waals surface area contributed by atoms with Crippen LogP contribution in [-0.4, -0.2) is 14.9 Å². The predicted molar refractivity (Wildman–Crippen MR) is 64.4 cm³/mol. The quantitative estimate of drug-likeness (QED) is 0.837. The highest BCUT2D eigenvalue weighted by Gasteiger charge is 2.05. The molecule has 0 aliphatic heterocycles. The molecule has 0 fully saturated rings. The Morgan fingerprint density at radius 3 is 2.56 bits per heavy atom. The lowest BCUT2D eigenvalue weighted by Crippen LogP contribution is -2.00. The Morgan fingerprint density at radius 1 is 1.25 bits per heavy atom. The molecule has 0 amide bonds. The van der Waals surface area contributed by atoms with Crippen molar-refractivity contribution < 1.29 is 5.11 Å². The van der Waals surface area contributed by atoms with Crippen molar-refractivity contribution in [2.75, 3.05) is 0 Å². The summed E-state index contributed by atoms with van der Waals surface area (Å²) >= 11 is 0. The lowest BCUT2D eigenvalue weighted by molar-refractivity contribution is 0.471. The topological polar surface area (TPSA) is 38.0 Å². The fourth-order valence-corrected chi connectivity index (χ4v) is 1.59. The van der Waals surface area contributed by atoms with Gasteiger partial charge in [0.05, 0.1) is 5.69 Å². The zero-order chi connectivity index (χ0) is 11.7. The van der Waals surface area contributed by atoms with Crippen LogP contribution in [0.3, 0.4) is 0 Å². The van der Waals surface area contributed by atoms with Crippen LogP contribution in [0, 0.1) is 6.92 Å². The van der Waals surface area contributed by atoms with E-state index in [4.69, 9.17) is 0 Å². The van der Waals surface area contributed by atoms with Crippen molar-refractivity contribution in [1.29, 1.82) is 0 Å². The van der Waals surface area contributed by atoms with Gasteiger partial charge < -0.3 is 5.11 Å². The molecule has 3 heteroatoms. The second-order valence-electron chi connectivity index (χ2n) is 4.28. The highest BCUT2D eigenvalue weighted by molar-refractivity contribution is 5.61. The molecule has 0 saturated carbocycles. The number of hydrogen-bond acceptors (Lipinski definition) is 2. The van der Waals surface area contributed by atoms with E-state index in [0.29, 0.717) is 11.8 Å². The summed E-state index contributed by atoms with van der Waals surface area (Å²) in [5.74, 6) is 0.326. The molecular formula is C13H16N2O. The molecule has 2 aromatic rings. The van der Waals surface area contributed by atoms with E-state index in [0.717, 1.165) is 16.8 Å². The summed E-state index contributed by atoms with van der Waals surface area (Å²) in [4.78, 5) is 0. The summed E-state index contributed by atoms with van der Waals surface area (Å²) in [5.41, 5.74) is 2.85. The van der Waals surface area contributed by atoms with E-state index in [9.17, 15) is 5.11 Å². The van der Waals surface area contributed by atoms with Crippen molar-refractivity contribution in [3.8, 4) is 17.0 Å². The number of phenolic OH excluding ortho intramolecular Hbond substituents is 1. The lowest BCUT2D eigenvalue weighted by atomic mass is 10.1. The molecule has 2 rings (SSSR count). The van der Waals surface area contributed by atoms with E-state index < -0.39 is 0 Å². The third kappa shape index (κ3) is 1.94. The largest absolute Gasteiger partial charge is 0.508 e. The van der Waals surface area contributed by atoms with Crippen LogP contribution in [-0.2, 0) is 0 Å². The zero-order valence-corrected chi connectivity index (χ0v) is 9.81. The van der Waals surface area contributed by atoms with Crippen molar-refractivity contribution in [3.05, 3.63) is 36.0 Å². The first kappa shape index (κ1) is 10.7. The minimum absolute atomic E-state index is 0.326. The molecule has 0 aliphatic rings. The third-order valence-electron chi connectivity index (χ3n) is 2.63. The molecule has 3 nitrogen and oxygen atoms in total. The highest BCUT2D eigenvalue weighted by atomic mass is 16.3. The van der Waals surface area contributed by atoms with Crippen LogP contribution in [0.4, 0.5) is 0 Å². The van der Waals surface area contributed by atoms with Crippen LogP contribution in [0.1, 0.15) is 25.5 Å². The molecule has 0 bridgehead atoms. The SMILES string of the molecule is Cc1cc(-c2ccn(C(C)C)n2)ccc1O. The van der Waals surface area contributed by atoms with E-state index in [2.05, 4.69) is 18.9 Å². The van der Waals surface area contributed by atoms with Crippen molar-refractivity contribution in [3.63, 3.8) is 0 Å². The van der Waals surface area contributed by atoms with Gasteiger partial charge in [0.25, 0.3) is 0 Å². The van der Waals surface area contributed by atoms with Crippen LogP contribution in [0.2, 0.25) is 0 Å². The van der Waals surface area contributed by atoms with Gasteiger partial charge in [0, 0.05) is 17.8 Å². The third-order valence-corrected chi connectivity index (χ3v) is 2.63. The van der Waals surface area contributed by atoms with Gasteiger partial charge >= 0.3 is 0 Å². The van der Waals surface area contributed by atoms with Crippen molar-refractivity contribution in [2.24, 2.45) is 0 Å². The van der Waals surface area contributed by atoms with Crippen LogP contribution in [0.15, 0.2) is 30.5 Å². The summed E-state index contributed by atoms with van der Waals surface area (Å²) in [6.45, 7) is 6.08. The first-order valence-electron chi connectivity index (χ1n) is 5.43. The monoisotopic (exact) mass is 216 g/mol. The maximum absolute atomic E-state index is 9.46. The number of aryl methyl sites for hydroxylation is 1. The maximum Gasteiger partial charge on any atom is 0.118 e. The van der Waals surface area contributed by atoms with Gasteiger partial charge in [-0.3, -0.25) is 4.68 Å². The number of phenols is 1. The molecule has 0 radical (unpaired) electrons. The smallest absolute Gasteiger partial charge is 0.118 e. The fraction of sp³-hybridized carbons (Fsp3) is 0.308. The van der Waals surface area contributed by atoms with Gasteiger partial charge in [-0.25, -0.2) is 0 Å². The van der Waals surface area contributed by atoms with E-state index in [-0.39, 0.29) is 0 Å². The Labute approximate surface area is 95.3 Å². The van der Waals surface area contributed by atoms with Gasteiger partial charge in [-0.15, -0.1) is 0 Å². The van der Waals surface area contributed by atoms with Gasteiger partial charge in [0.15, 0.2) is 0 Å². The molecule has 0 spiro atoms. The summed E-state index contributed by atoms with van der Waals surface area (Å²) in [6, 6.07) is 7.90. The molecule has 1 aromatic carbocycles. The van der Waals surface area contributed by atoms with Crippen LogP contribution in [0.5, 0.6) is 5.75 Å². The Bertz CT molecular complexity index is 500. The Hall–Kier alpha value is -1.77. The average molecular weight is 216 g/mol. The maximum atomic E-state index is 9.46. The van der Waals surface area contributed by atoms with Crippen LogP contribution < -0.4 is 0 Å². The molecule has 1 heterocycles. The molecule has 0 unspecified atom stereocenters. The number of hydrogen-bond donors (Lipinski definition) is 1. The van der Waals surface area contributed by atoms with Gasteiger partial charge in [-0.2, -0.15) is 5.10 Å². The fourth-order valence-electron chi connectivity index (χ4n) is 1.59. The molecule has 0 atom stereocenters.